The quantitative estimate of drug-likeness (QED) is 0.716. The summed E-state index contributed by atoms with van der Waals surface area (Å²) in [5, 5.41) is 3.02. The first-order valence-electron chi connectivity index (χ1n) is 10.4. The number of nitrogens with two attached hydrogens (primary N) is 1. The molecule has 0 bridgehead atoms. The number of carbonyl (C=O) groups excluding carboxylic acids is 2. The Morgan fingerprint density at radius 2 is 1.81 bits per heavy atom. The second-order valence-electron chi connectivity index (χ2n) is 8.70. The van der Waals surface area contributed by atoms with Crippen LogP contribution in [0.15, 0.2) is 30.3 Å². The van der Waals surface area contributed by atoms with Crippen molar-refractivity contribution in [1.82, 2.24) is 5.32 Å². The lowest BCUT2D eigenvalue weighted by Gasteiger charge is -2.36. The molecule has 1 aliphatic carbocycles. The van der Waals surface area contributed by atoms with E-state index in [0.717, 1.165) is 18.4 Å². The second-order valence-corrected chi connectivity index (χ2v) is 8.70. The number of carbonyl (C=O) groups is 2. The van der Waals surface area contributed by atoms with Crippen LogP contribution in [-0.4, -0.2) is 17.7 Å². The van der Waals surface area contributed by atoms with Crippen molar-refractivity contribution >= 4 is 11.7 Å². The molecule has 1 aliphatic rings. The maximum atomic E-state index is 13.1. The van der Waals surface area contributed by atoms with Crippen LogP contribution in [-0.2, 0) is 9.59 Å². The number of rotatable bonds is 8. The predicted octanol–water partition coefficient (Wildman–Crippen LogP) is 4.25. The fourth-order valence-electron chi connectivity index (χ4n) is 4.36. The van der Waals surface area contributed by atoms with Crippen LogP contribution in [0.2, 0.25) is 0 Å². The molecule has 0 aliphatic heterocycles. The topological polar surface area (TPSA) is 72.2 Å². The summed E-state index contributed by atoms with van der Waals surface area (Å²) in [6, 6.07) is 9.13. The first-order valence-corrected chi connectivity index (χ1v) is 10.4. The summed E-state index contributed by atoms with van der Waals surface area (Å²) in [4.78, 5) is 25.2. The van der Waals surface area contributed by atoms with Crippen LogP contribution >= 0.6 is 0 Å². The van der Waals surface area contributed by atoms with E-state index in [9.17, 15) is 9.59 Å². The van der Waals surface area contributed by atoms with E-state index in [4.69, 9.17) is 5.73 Å². The maximum Gasteiger partial charge on any atom is 0.237 e. The molecule has 0 spiro atoms. The molecule has 2 rings (SSSR count). The third-order valence-electron chi connectivity index (χ3n) is 6.05. The molecule has 1 amide bonds. The van der Waals surface area contributed by atoms with Gasteiger partial charge in [-0.3, -0.25) is 9.59 Å². The van der Waals surface area contributed by atoms with Gasteiger partial charge in [0, 0.05) is 12.3 Å². The van der Waals surface area contributed by atoms with Crippen molar-refractivity contribution in [2.24, 2.45) is 29.4 Å². The zero-order valence-corrected chi connectivity index (χ0v) is 17.3. The van der Waals surface area contributed by atoms with Gasteiger partial charge in [0.05, 0.1) is 12.1 Å². The largest absolute Gasteiger partial charge is 0.348 e. The van der Waals surface area contributed by atoms with E-state index in [1.165, 1.54) is 6.42 Å². The van der Waals surface area contributed by atoms with E-state index in [0.29, 0.717) is 36.4 Å². The van der Waals surface area contributed by atoms with Gasteiger partial charge in [0.1, 0.15) is 5.78 Å². The first-order chi connectivity index (χ1) is 12.8. The summed E-state index contributed by atoms with van der Waals surface area (Å²) < 4.78 is 0. The lowest BCUT2D eigenvalue weighted by atomic mass is 9.68. The molecule has 27 heavy (non-hydrogen) atoms. The highest BCUT2D eigenvalue weighted by Crippen LogP contribution is 2.39. The SMILES string of the molecule is CC(C)[C@@H]1CC[C@@H](C)C[C@H]1C(=O)CC[C@@H](NC(=O)[C@H](C)N)c1ccccc1. The van der Waals surface area contributed by atoms with Crippen LogP contribution in [0.5, 0.6) is 0 Å². The number of nitrogens with one attached hydrogen (secondary N) is 1. The Hall–Kier alpha value is -1.68. The Kier molecular flexibility index (Phi) is 8.03. The first kappa shape index (κ1) is 21.6. The van der Waals surface area contributed by atoms with Crippen molar-refractivity contribution in [2.75, 3.05) is 0 Å². The van der Waals surface area contributed by atoms with Crippen molar-refractivity contribution < 1.29 is 9.59 Å². The highest BCUT2D eigenvalue weighted by atomic mass is 16.2. The van der Waals surface area contributed by atoms with Crippen LogP contribution in [0, 0.1) is 23.7 Å². The summed E-state index contributed by atoms with van der Waals surface area (Å²) >= 11 is 0. The molecule has 1 fully saturated rings. The van der Waals surface area contributed by atoms with E-state index < -0.39 is 6.04 Å². The lowest BCUT2D eigenvalue weighted by molar-refractivity contribution is -0.128. The lowest BCUT2D eigenvalue weighted by Crippen LogP contribution is -2.40. The van der Waals surface area contributed by atoms with Crippen molar-refractivity contribution in [1.29, 1.82) is 0 Å². The highest BCUT2D eigenvalue weighted by molar-refractivity contribution is 5.82. The number of amides is 1. The Morgan fingerprint density at radius 1 is 1.15 bits per heavy atom. The van der Waals surface area contributed by atoms with E-state index in [1.54, 1.807) is 6.92 Å². The van der Waals surface area contributed by atoms with Gasteiger partial charge in [0.15, 0.2) is 0 Å². The van der Waals surface area contributed by atoms with E-state index in [1.807, 2.05) is 30.3 Å². The molecule has 0 radical (unpaired) electrons. The standard InChI is InChI=1S/C23H36N2O2/c1-15(2)19-11-10-16(3)14-20(19)22(26)13-12-21(25-23(27)17(4)24)18-8-6-5-7-9-18/h5-9,15-17,19-21H,10-14,24H2,1-4H3,(H,25,27)/t16-,17+,19+,20-,21-/m1/s1. The summed E-state index contributed by atoms with van der Waals surface area (Å²) in [5.74, 6) is 1.99. The molecule has 4 nitrogen and oxygen atoms in total. The summed E-state index contributed by atoms with van der Waals surface area (Å²) in [6.07, 6.45) is 4.50. The average molecular weight is 373 g/mol. The molecule has 4 heteroatoms. The van der Waals surface area contributed by atoms with Crippen molar-refractivity contribution in [3.8, 4) is 0 Å². The molecule has 1 aromatic rings. The monoisotopic (exact) mass is 372 g/mol. The molecule has 5 atom stereocenters. The van der Waals surface area contributed by atoms with Gasteiger partial charge in [-0.15, -0.1) is 0 Å². The van der Waals surface area contributed by atoms with Gasteiger partial charge in [-0.2, -0.15) is 0 Å². The van der Waals surface area contributed by atoms with Gasteiger partial charge in [-0.25, -0.2) is 0 Å². The van der Waals surface area contributed by atoms with Crippen LogP contribution in [0.3, 0.4) is 0 Å². The van der Waals surface area contributed by atoms with Gasteiger partial charge in [-0.1, -0.05) is 57.5 Å². The molecular formula is C23H36N2O2. The van der Waals surface area contributed by atoms with E-state index >= 15 is 0 Å². The summed E-state index contributed by atoms with van der Waals surface area (Å²) in [7, 11) is 0. The fourth-order valence-corrected chi connectivity index (χ4v) is 4.36. The number of hydrogen-bond acceptors (Lipinski definition) is 3. The number of ketones is 1. The molecule has 0 saturated heterocycles. The van der Waals surface area contributed by atoms with Gasteiger partial charge < -0.3 is 11.1 Å². The summed E-state index contributed by atoms with van der Waals surface area (Å²) in [6.45, 7) is 8.40. The van der Waals surface area contributed by atoms with Crippen molar-refractivity contribution in [3.05, 3.63) is 35.9 Å². The number of benzene rings is 1. The Balaban J connectivity index is 2.06. The minimum absolute atomic E-state index is 0.161. The van der Waals surface area contributed by atoms with E-state index in [-0.39, 0.29) is 17.9 Å². The Labute approximate surface area is 164 Å². The number of Topliss-reactive ketones (excluding diaryl/α,β-unsaturated/α-hetero) is 1. The molecule has 0 unspecified atom stereocenters. The molecule has 3 N–H and O–H groups in total. The van der Waals surface area contributed by atoms with Crippen molar-refractivity contribution in [3.63, 3.8) is 0 Å². The van der Waals surface area contributed by atoms with Gasteiger partial charge in [0.25, 0.3) is 0 Å². The molecule has 0 aromatic heterocycles. The zero-order valence-electron chi connectivity index (χ0n) is 17.3. The predicted molar refractivity (Wildman–Crippen MR) is 110 cm³/mol. The van der Waals surface area contributed by atoms with Gasteiger partial charge >= 0.3 is 0 Å². The highest BCUT2D eigenvalue weighted by Gasteiger charge is 2.35. The molecule has 0 heterocycles. The molecule has 1 saturated carbocycles. The third-order valence-corrected chi connectivity index (χ3v) is 6.05. The van der Waals surface area contributed by atoms with E-state index in [2.05, 4.69) is 26.1 Å². The van der Waals surface area contributed by atoms with Crippen molar-refractivity contribution in [2.45, 2.75) is 71.9 Å². The smallest absolute Gasteiger partial charge is 0.237 e. The van der Waals surface area contributed by atoms with Crippen LogP contribution < -0.4 is 11.1 Å². The van der Waals surface area contributed by atoms with Crippen LogP contribution in [0.4, 0.5) is 0 Å². The minimum Gasteiger partial charge on any atom is -0.348 e. The third kappa shape index (κ3) is 6.17. The normalized spacial score (nSPS) is 25.0. The Bertz CT molecular complexity index is 612. The second kappa shape index (κ2) is 10.0. The molecule has 150 valence electrons. The minimum atomic E-state index is -0.559. The molecule has 1 aromatic carbocycles. The zero-order chi connectivity index (χ0) is 20.0. The Morgan fingerprint density at radius 3 is 2.41 bits per heavy atom. The fraction of sp³-hybridized carbons (Fsp3) is 0.652. The molecular weight excluding hydrogens is 336 g/mol. The maximum absolute atomic E-state index is 13.1. The van der Waals surface area contributed by atoms with Gasteiger partial charge in [-0.05, 0) is 49.5 Å². The van der Waals surface area contributed by atoms with Crippen LogP contribution in [0.25, 0.3) is 0 Å². The van der Waals surface area contributed by atoms with Crippen LogP contribution in [0.1, 0.15) is 71.4 Å². The average Bonchev–Trinajstić information content (AvgIpc) is 2.64. The summed E-state index contributed by atoms with van der Waals surface area (Å²) in [5.41, 5.74) is 6.75. The van der Waals surface area contributed by atoms with Gasteiger partial charge in [0.2, 0.25) is 5.91 Å². The number of hydrogen-bond donors (Lipinski definition) is 2.